The van der Waals surface area contributed by atoms with Crippen LogP contribution in [0.1, 0.15) is 55.2 Å². The Labute approximate surface area is 269 Å². The van der Waals surface area contributed by atoms with Gasteiger partial charge in [0.15, 0.2) is 24.2 Å². The van der Waals surface area contributed by atoms with Crippen LogP contribution in [0.25, 0.3) is 0 Å². The number of nitrogens with one attached hydrogen (secondary N) is 5. The molecule has 2 aromatic carbocycles. The third-order valence-corrected chi connectivity index (χ3v) is 7.46. The largest absolute Gasteiger partial charge is 0.509 e. The summed E-state index contributed by atoms with van der Waals surface area (Å²) < 4.78 is 76.1. The van der Waals surface area contributed by atoms with Crippen molar-refractivity contribution < 1.29 is 46.3 Å². The lowest BCUT2D eigenvalue weighted by atomic mass is 9.87. The highest BCUT2D eigenvalue weighted by Crippen LogP contribution is 2.38. The Morgan fingerprint density at radius 1 is 1.04 bits per heavy atom. The van der Waals surface area contributed by atoms with Crippen molar-refractivity contribution in [3.63, 3.8) is 0 Å². The van der Waals surface area contributed by atoms with Crippen LogP contribution >= 0.6 is 0 Å². The molecule has 0 aromatic heterocycles. The number of hydrogen-bond acceptors (Lipinski definition) is 8. The second-order valence-corrected chi connectivity index (χ2v) is 10.8. The van der Waals surface area contributed by atoms with E-state index in [0.29, 0.717) is 45.3 Å². The number of rotatable bonds is 7. The van der Waals surface area contributed by atoms with Gasteiger partial charge in [-0.15, -0.1) is 0 Å². The van der Waals surface area contributed by atoms with Crippen LogP contribution in [0.2, 0.25) is 0 Å². The number of hydrogen-bond donors (Lipinski definition) is 6. The summed E-state index contributed by atoms with van der Waals surface area (Å²) in [4.78, 5) is 26.8. The number of aliphatic hydroxyl groups excluding tert-OH is 1. The fourth-order valence-corrected chi connectivity index (χ4v) is 5.15. The minimum Gasteiger partial charge on any atom is -0.509 e. The molecule has 2 saturated heterocycles. The average Bonchev–Trinajstić information content (AvgIpc) is 3.47. The smallest absolute Gasteiger partial charge is 0.416 e. The zero-order valence-corrected chi connectivity index (χ0v) is 26.5. The molecule has 0 radical (unpaired) electrons. The lowest BCUT2D eigenvalue weighted by Gasteiger charge is -2.27. The van der Waals surface area contributed by atoms with Gasteiger partial charge in [-0.05, 0) is 102 Å². The number of carbonyl (C=O) groups is 2. The maximum Gasteiger partial charge on any atom is 0.416 e. The Morgan fingerprint density at radius 2 is 1.67 bits per heavy atom. The molecule has 2 heterocycles. The second kappa shape index (κ2) is 18.5. The number of benzene rings is 2. The van der Waals surface area contributed by atoms with Gasteiger partial charge < -0.3 is 37.2 Å². The van der Waals surface area contributed by atoms with Crippen molar-refractivity contribution in [2.75, 3.05) is 39.0 Å². The summed E-state index contributed by atoms with van der Waals surface area (Å²) in [6.07, 6.45) is -2.45. The van der Waals surface area contributed by atoms with Crippen molar-refractivity contribution in [3.05, 3.63) is 76.1 Å². The Morgan fingerprint density at radius 3 is 2.24 bits per heavy atom. The van der Waals surface area contributed by atoms with E-state index in [1.807, 2.05) is 14.1 Å². The van der Waals surface area contributed by atoms with E-state index in [9.17, 15) is 36.6 Å². The van der Waals surface area contributed by atoms with E-state index in [1.54, 1.807) is 6.92 Å². The highest BCUT2D eigenvalue weighted by atomic mass is 32.1. The van der Waals surface area contributed by atoms with Crippen LogP contribution in [0.3, 0.4) is 0 Å². The third-order valence-electron chi connectivity index (χ3n) is 7.46. The molecule has 0 aliphatic carbocycles. The molecule has 4 rings (SSSR count). The number of alkyl halides is 3. The summed E-state index contributed by atoms with van der Waals surface area (Å²) >= 11 is 2.83. The van der Waals surface area contributed by atoms with Gasteiger partial charge in [0, 0.05) is 17.8 Å². The quantitative estimate of drug-likeness (QED) is 0.0855. The van der Waals surface area contributed by atoms with Crippen LogP contribution in [0.5, 0.6) is 0 Å². The Bertz CT molecular complexity index is 1350. The Balaban J connectivity index is 0.00000166. The molecule has 1 atom stereocenters. The van der Waals surface area contributed by atoms with Crippen LogP contribution in [0.15, 0.2) is 47.7 Å². The summed E-state index contributed by atoms with van der Waals surface area (Å²) in [7, 11) is 3.75. The molecule has 0 spiro atoms. The van der Waals surface area contributed by atoms with E-state index in [4.69, 9.17) is 4.21 Å². The fourth-order valence-electron chi connectivity index (χ4n) is 5.15. The minimum absolute atomic E-state index is 0. The molecule has 2 aliphatic heterocycles. The molecule has 16 heteroatoms. The molecule has 2 amide bonds. The molecule has 2 fully saturated rings. The number of carbonyl (C=O) groups excluding carboxylic acids is 2. The predicted octanol–water partition coefficient (Wildman–Crippen LogP) is 3.33. The van der Waals surface area contributed by atoms with Gasteiger partial charge in [0.1, 0.15) is 11.3 Å². The van der Waals surface area contributed by atoms with E-state index >= 15 is 0 Å². The molecule has 0 unspecified atom stereocenters. The van der Waals surface area contributed by atoms with Crippen LogP contribution in [0, 0.1) is 11.6 Å². The molecule has 46 heavy (non-hydrogen) atoms. The van der Waals surface area contributed by atoms with Crippen molar-refractivity contribution in [1.29, 1.82) is 0 Å². The summed E-state index contributed by atoms with van der Waals surface area (Å²) in [5.74, 6) is -5.21. The van der Waals surface area contributed by atoms with Gasteiger partial charge in [-0.1, -0.05) is 12.1 Å². The number of piperidine rings is 1. The van der Waals surface area contributed by atoms with Crippen LogP contribution in [-0.2, 0) is 34.8 Å². The molecule has 2 aromatic rings. The second-order valence-electron chi connectivity index (χ2n) is 10.8. The lowest BCUT2D eigenvalue weighted by molar-refractivity contribution is -0.137. The van der Waals surface area contributed by atoms with Gasteiger partial charge in [-0.3, -0.25) is 9.59 Å². The fraction of sp³-hybridized carbons (Fsp3) is 0.467. The number of halogens is 5. The first-order chi connectivity index (χ1) is 21.3. The molecule has 0 bridgehead atoms. The summed E-state index contributed by atoms with van der Waals surface area (Å²) in [5, 5.41) is 25.0. The molecule has 2 aliphatic rings. The number of aliphatic hydroxyl groups is 1. The van der Waals surface area contributed by atoms with Gasteiger partial charge in [0.05, 0.1) is 11.1 Å². The van der Waals surface area contributed by atoms with E-state index in [0.717, 1.165) is 24.3 Å². The first-order valence-electron chi connectivity index (χ1n) is 14.2. The standard InChI is InChI=1S/C28H31F5N4O3.C2H7N.OS.H2O/c1-27(10-3-11-36-27)24(38)22(25(39)35-15-17-4-2-5-20(29)23(17)30)26(40)37-21-7-6-18(28(31,32)33)14-19(21)16-8-12-34-13-9-16;1-3-2;1-2;/h2,4-7,14,16,34,36,38H,3,8-13,15H2,1H3,(H,35,39)(H,37,40);3H,1-2H3;;1H2/b24-22-;;;/t27-;;;/m1.../s1. The van der Waals surface area contributed by atoms with Crippen molar-refractivity contribution in [2.24, 2.45) is 0 Å². The minimum atomic E-state index is -4.59. The molecule has 0 saturated carbocycles. The predicted molar refractivity (Wildman–Crippen MR) is 165 cm³/mol. The van der Waals surface area contributed by atoms with Crippen LogP contribution in [-0.4, -0.2) is 65.9 Å². The maximum atomic E-state index is 14.1. The van der Waals surface area contributed by atoms with Crippen molar-refractivity contribution in [1.82, 2.24) is 21.3 Å². The first kappa shape index (κ1) is 40.5. The SMILES string of the molecule is CNC.C[C@]1(/C(O)=C(\C(=O)NCc2cccc(F)c2F)C(=O)Nc2ccc(C(F)(F)F)cc2C2CCNCC2)CCCN1.O.O=S. The topological polar surface area (TPSA) is 163 Å². The summed E-state index contributed by atoms with van der Waals surface area (Å²) in [6.45, 7) is 2.83. The zero-order chi connectivity index (χ0) is 33.8. The highest BCUT2D eigenvalue weighted by Gasteiger charge is 2.39. The third kappa shape index (κ3) is 10.5. The molecule has 256 valence electrons. The van der Waals surface area contributed by atoms with Gasteiger partial charge >= 0.3 is 6.18 Å². The van der Waals surface area contributed by atoms with Crippen molar-refractivity contribution in [2.45, 2.75) is 56.8 Å². The summed E-state index contributed by atoms with van der Waals surface area (Å²) in [5.41, 5.74) is -2.47. The zero-order valence-electron chi connectivity index (χ0n) is 25.7. The van der Waals surface area contributed by atoms with E-state index in [-0.39, 0.29) is 28.2 Å². The number of amides is 2. The Hall–Kier alpha value is -3.57. The molecule has 8 N–H and O–H groups in total. The monoisotopic (exact) mass is 677 g/mol. The van der Waals surface area contributed by atoms with Crippen LogP contribution < -0.4 is 26.6 Å². The number of anilines is 1. The van der Waals surface area contributed by atoms with E-state index in [1.165, 1.54) is 12.1 Å². The van der Waals surface area contributed by atoms with Crippen molar-refractivity contribution >= 4 is 30.0 Å². The molecule has 10 nitrogen and oxygen atoms in total. The Kier molecular flexibility index (Phi) is 16.3. The van der Waals surface area contributed by atoms with Crippen molar-refractivity contribution in [3.8, 4) is 0 Å². The van der Waals surface area contributed by atoms with Gasteiger partial charge in [-0.2, -0.15) is 17.4 Å². The maximum absolute atomic E-state index is 14.1. The van der Waals surface area contributed by atoms with E-state index < -0.39 is 58.6 Å². The average molecular weight is 678 g/mol. The lowest BCUT2D eigenvalue weighted by Crippen LogP contribution is -2.43. The van der Waals surface area contributed by atoms with Gasteiger partial charge in [-0.25, -0.2) is 8.78 Å². The molecular formula is C30H40F5N5O5S. The summed E-state index contributed by atoms with van der Waals surface area (Å²) in [6, 6.07) is 6.42. The van der Waals surface area contributed by atoms with E-state index in [2.05, 4.69) is 39.1 Å². The van der Waals surface area contributed by atoms with Gasteiger partial charge in [0.25, 0.3) is 11.8 Å². The normalized spacial score (nSPS) is 18.4. The highest BCUT2D eigenvalue weighted by molar-refractivity contribution is 7.44. The molecular weight excluding hydrogens is 637 g/mol. The first-order valence-corrected chi connectivity index (χ1v) is 14.5. The van der Waals surface area contributed by atoms with Gasteiger partial charge in [0.2, 0.25) is 0 Å². The van der Waals surface area contributed by atoms with Crippen LogP contribution in [0.4, 0.5) is 27.6 Å².